The number of hydrogen-bond donors (Lipinski definition) is 4. The van der Waals surface area contributed by atoms with Gasteiger partial charge in [-0.25, -0.2) is 4.79 Å². The molecule has 9 nitrogen and oxygen atoms in total. The lowest BCUT2D eigenvalue weighted by molar-refractivity contribution is -0.127. The molecular weight excluding hydrogens is 412 g/mol. The summed E-state index contributed by atoms with van der Waals surface area (Å²) >= 11 is 0. The van der Waals surface area contributed by atoms with Gasteiger partial charge in [-0.05, 0) is 60.6 Å². The van der Waals surface area contributed by atoms with Gasteiger partial charge in [0.2, 0.25) is 17.7 Å². The number of anilines is 1. The van der Waals surface area contributed by atoms with Crippen LogP contribution in [0.4, 0.5) is 10.5 Å². The van der Waals surface area contributed by atoms with Crippen LogP contribution in [0.15, 0.2) is 30.3 Å². The number of hydrogen-bond acceptors (Lipinski definition) is 5. The number of ether oxygens (including phenoxy) is 1. The monoisotopic (exact) mass is 448 g/mol. The summed E-state index contributed by atoms with van der Waals surface area (Å²) in [6.45, 7) is 12.2. The predicted octanol–water partition coefficient (Wildman–Crippen LogP) is 2.72. The van der Waals surface area contributed by atoms with Crippen LogP contribution in [0, 0.1) is 0 Å². The number of nitrogens with one attached hydrogen (secondary N) is 4. The third-order valence-corrected chi connectivity index (χ3v) is 3.91. The van der Waals surface area contributed by atoms with Crippen LogP contribution in [0.2, 0.25) is 0 Å². The standard InChI is InChI=1S/C23H36N4O5/c1-15(20(30)25-16-11-9-8-10-12-16)24-18(28)13-17(14-19(29)27-22(2,3)4)26-21(31)32-23(5,6)7/h8-12,15,17H,13-14H2,1-7H3,(H,24,28)(H,25,30)(H,26,31)(H,27,29)/t15-,17?/m0/s1. The lowest BCUT2D eigenvalue weighted by atomic mass is 10.1. The van der Waals surface area contributed by atoms with E-state index in [1.807, 2.05) is 26.8 Å². The molecule has 1 rings (SSSR count). The zero-order valence-electron chi connectivity index (χ0n) is 20.0. The molecule has 0 aliphatic heterocycles. The Morgan fingerprint density at radius 2 is 1.44 bits per heavy atom. The van der Waals surface area contributed by atoms with Crippen LogP contribution in [0.25, 0.3) is 0 Å². The Hall–Kier alpha value is -3.10. The van der Waals surface area contributed by atoms with Crippen molar-refractivity contribution < 1.29 is 23.9 Å². The summed E-state index contributed by atoms with van der Waals surface area (Å²) in [4.78, 5) is 49.4. The van der Waals surface area contributed by atoms with Crippen molar-refractivity contribution in [3.05, 3.63) is 30.3 Å². The van der Waals surface area contributed by atoms with Gasteiger partial charge in [-0.3, -0.25) is 14.4 Å². The third kappa shape index (κ3) is 11.9. The highest BCUT2D eigenvalue weighted by molar-refractivity contribution is 5.97. The Kier molecular flexibility index (Phi) is 9.68. The second-order valence-corrected chi connectivity index (χ2v) is 9.69. The van der Waals surface area contributed by atoms with Crippen LogP contribution >= 0.6 is 0 Å². The van der Waals surface area contributed by atoms with Gasteiger partial charge in [0.1, 0.15) is 11.6 Å². The Labute approximate surface area is 190 Å². The first-order chi connectivity index (χ1) is 14.6. The zero-order valence-corrected chi connectivity index (χ0v) is 20.0. The second kappa shape index (κ2) is 11.5. The maximum Gasteiger partial charge on any atom is 0.407 e. The van der Waals surface area contributed by atoms with Crippen molar-refractivity contribution in [2.24, 2.45) is 0 Å². The van der Waals surface area contributed by atoms with Crippen molar-refractivity contribution in [3.8, 4) is 0 Å². The zero-order chi connectivity index (χ0) is 24.5. The van der Waals surface area contributed by atoms with Crippen LogP contribution in [-0.2, 0) is 19.1 Å². The molecule has 1 aromatic carbocycles. The fourth-order valence-corrected chi connectivity index (χ4v) is 2.70. The van der Waals surface area contributed by atoms with E-state index in [0.29, 0.717) is 5.69 Å². The summed E-state index contributed by atoms with van der Waals surface area (Å²) in [6, 6.07) is 7.25. The quantitative estimate of drug-likeness (QED) is 0.487. The molecule has 178 valence electrons. The lowest BCUT2D eigenvalue weighted by Crippen LogP contribution is -2.48. The summed E-state index contributed by atoms with van der Waals surface area (Å²) in [6.07, 6.45) is -1.04. The first kappa shape index (κ1) is 26.9. The van der Waals surface area contributed by atoms with Crippen LogP contribution in [-0.4, -0.2) is 47.0 Å². The van der Waals surface area contributed by atoms with Gasteiger partial charge >= 0.3 is 6.09 Å². The van der Waals surface area contributed by atoms with Gasteiger partial charge in [-0.1, -0.05) is 18.2 Å². The van der Waals surface area contributed by atoms with Crippen molar-refractivity contribution in [1.29, 1.82) is 0 Å². The molecule has 0 aromatic heterocycles. The summed E-state index contributed by atoms with van der Waals surface area (Å²) in [5.74, 6) is -1.18. The molecule has 0 bridgehead atoms. The van der Waals surface area contributed by atoms with E-state index in [4.69, 9.17) is 4.74 Å². The number of carbonyl (C=O) groups excluding carboxylic acids is 4. The van der Waals surface area contributed by atoms with Gasteiger partial charge in [0.15, 0.2) is 0 Å². The molecule has 0 aliphatic carbocycles. The minimum Gasteiger partial charge on any atom is -0.444 e. The second-order valence-electron chi connectivity index (χ2n) is 9.69. The van der Waals surface area contributed by atoms with E-state index >= 15 is 0 Å². The first-order valence-corrected chi connectivity index (χ1v) is 10.6. The Bertz CT molecular complexity index is 767. The van der Waals surface area contributed by atoms with Gasteiger partial charge in [0.25, 0.3) is 0 Å². The Balaban J connectivity index is 2.74. The Morgan fingerprint density at radius 1 is 0.875 bits per heavy atom. The predicted molar refractivity (Wildman–Crippen MR) is 123 cm³/mol. The first-order valence-electron chi connectivity index (χ1n) is 10.6. The molecule has 4 amide bonds. The average Bonchev–Trinajstić information content (AvgIpc) is 2.58. The molecular formula is C23H36N4O5. The van der Waals surface area contributed by atoms with E-state index in [-0.39, 0.29) is 24.7 Å². The highest BCUT2D eigenvalue weighted by Crippen LogP contribution is 2.10. The molecule has 0 fully saturated rings. The van der Waals surface area contributed by atoms with Crippen LogP contribution < -0.4 is 21.3 Å². The van der Waals surface area contributed by atoms with Crippen molar-refractivity contribution >= 4 is 29.5 Å². The third-order valence-electron chi connectivity index (χ3n) is 3.91. The number of alkyl carbamates (subject to hydrolysis) is 1. The van der Waals surface area contributed by atoms with Crippen molar-refractivity contribution in [2.45, 2.75) is 84.5 Å². The van der Waals surface area contributed by atoms with Gasteiger partial charge in [0.05, 0.1) is 0 Å². The smallest absolute Gasteiger partial charge is 0.407 e. The highest BCUT2D eigenvalue weighted by Gasteiger charge is 2.26. The average molecular weight is 449 g/mol. The van der Waals surface area contributed by atoms with E-state index in [1.54, 1.807) is 52.0 Å². The topological polar surface area (TPSA) is 126 Å². The number of para-hydroxylation sites is 1. The maximum atomic E-state index is 12.5. The largest absolute Gasteiger partial charge is 0.444 e. The summed E-state index contributed by atoms with van der Waals surface area (Å²) in [5.41, 5.74) is -0.573. The number of amides is 4. The van der Waals surface area contributed by atoms with Gasteiger partial charge in [0, 0.05) is 30.1 Å². The van der Waals surface area contributed by atoms with E-state index in [0.717, 1.165) is 0 Å². The Morgan fingerprint density at radius 3 is 1.97 bits per heavy atom. The van der Waals surface area contributed by atoms with Crippen molar-refractivity contribution in [2.75, 3.05) is 5.32 Å². The van der Waals surface area contributed by atoms with Gasteiger partial charge in [-0.15, -0.1) is 0 Å². The SMILES string of the molecule is C[C@H](NC(=O)CC(CC(=O)NC(C)(C)C)NC(=O)OC(C)(C)C)C(=O)Nc1ccccc1. The minimum absolute atomic E-state index is 0.117. The van der Waals surface area contributed by atoms with E-state index in [1.165, 1.54) is 0 Å². The molecule has 4 N–H and O–H groups in total. The number of benzene rings is 1. The fraction of sp³-hybridized carbons (Fsp3) is 0.565. The molecule has 0 heterocycles. The van der Waals surface area contributed by atoms with Crippen LogP contribution in [0.5, 0.6) is 0 Å². The minimum atomic E-state index is -0.812. The van der Waals surface area contributed by atoms with Gasteiger partial charge in [-0.2, -0.15) is 0 Å². The normalized spacial score (nSPS) is 13.3. The molecule has 2 atom stereocenters. The molecule has 0 spiro atoms. The molecule has 32 heavy (non-hydrogen) atoms. The summed E-state index contributed by atoms with van der Waals surface area (Å²) < 4.78 is 5.24. The molecule has 1 aromatic rings. The highest BCUT2D eigenvalue weighted by atomic mass is 16.6. The van der Waals surface area contributed by atoms with Crippen molar-refractivity contribution in [3.63, 3.8) is 0 Å². The summed E-state index contributed by atoms with van der Waals surface area (Å²) in [5, 5.41) is 10.7. The van der Waals surface area contributed by atoms with Crippen molar-refractivity contribution in [1.82, 2.24) is 16.0 Å². The number of rotatable bonds is 8. The molecule has 0 aliphatic rings. The molecule has 0 saturated carbocycles. The van der Waals surface area contributed by atoms with E-state index in [9.17, 15) is 19.2 Å². The van der Waals surface area contributed by atoms with E-state index in [2.05, 4.69) is 21.3 Å². The molecule has 0 saturated heterocycles. The number of carbonyl (C=O) groups is 4. The lowest BCUT2D eigenvalue weighted by Gasteiger charge is -2.25. The van der Waals surface area contributed by atoms with Gasteiger partial charge < -0.3 is 26.0 Å². The maximum absolute atomic E-state index is 12.5. The molecule has 1 unspecified atom stereocenters. The van der Waals surface area contributed by atoms with Crippen LogP contribution in [0.1, 0.15) is 61.3 Å². The fourth-order valence-electron chi connectivity index (χ4n) is 2.70. The molecule has 0 radical (unpaired) electrons. The van der Waals surface area contributed by atoms with Crippen LogP contribution in [0.3, 0.4) is 0 Å². The van der Waals surface area contributed by atoms with E-state index < -0.39 is 35.2 Å². The molecule has 9 heteroatoms. The summed E-state index contributed by atoms with van der Waals surface area (Å²) in [7, 11) is 0.